The van der Waals surface area contributed by atoms with Gasteiger partial charge in [0.05, 0.1) is 16.3 Å². The Labute approximate surface area is 137 Å². The minimum absolute atomic E-state index is 0.0577. The fourth-order valence-corrected chi connectivity index (χ4v) is 3.20. The van der Waals surface area contributed by atoms with Gasteiger partial charge in [-0.05, 0) is 30.9 Å². The van der Waals surface area contributed by atoms with Crippen molar-refractivity contribution in [2.45, 2.75) is 26.9 Å². The van der Waals surface area contributed by atoms with Gasteiger partial charge in [0.25, 0.3) is 5.56 Å². The zero-order chi connectivity index (χ0) is 16.4. The van der Waals surface area contributed by atoms with Crippen LogP contribution in [0.1, 0.15) is 32.9 Å². The van der Waals surface area contributed by atoms with Gasteiger partial charge in [-0.15, -0.1) is 11.3 Å². The molecule has 3 rings (SSSR count). The highest BCUT2D eigenvalue weighted by atomic mass is 32.1. The van der Waals surface area contributed by atoms with Crippen molar-refractivity contribution in [3.63, 3.8) is 0 Å². The van der Waals surface area contributed by atoms with E-state index in [0.29, 0.717) is 16.1 Å². The molecule has 0 saturated heterocycles. The van der Waals surface area contributed by atoms with Gasteiger partial charge in [0.15, 0.2) is 0 Å². The topological polar surface area (TPSA) is 72.0 Å². The average molecular weight is 328 g/mol. The Morgan fingerprint density at radius 2 is 2.13 bits per heavy atom. The number of ether oxygens (including phenoxy) is 1. The summed E-state index contributed by atoms with van der Waals surface area (Å²) >= 11 is 1.34. The molecule has 0 amide bonds. The molecular weight excluding hydrogens is 312 g/mol. The van der Waals surface area contributed by atoms with Crippen molar-refractivity contribution < 1.29 is 9.53 Å². The summed E-state index contributed by atoms with van der Waals surface area (Å²) in [5.41, 5.74) is 1.62. The van der Waals surface area contributed by atoms with Gasteiger partial charge in [-0.1, -0.05) is 25.1 Å². The molecule has 0 bridgehead atoms. The van der Waals surface area contributed by atoms with Gasteiger partial charge in [0.1, 0.15) is 11.5 Å². The van der Waals surface area contributed by atoms with Crippen LogP contribution in [0.5, 0.6) is 0 Å². The quantitative estimate of drug-likeness (QED) is 0.747. The standard InChI is InChI=1S/C17H16N2O3S/c1-3-14-18-10(2)15(23-14)17(21)22-9-12-8-11-6-4-5-7-13(11)19-16(12)20/h4-8H,3,9H2,1-2H3,(H,19,20). The molecule has 2 aromatic heterocycles. The van der Waals surface area contributed by atoms with Crippen LogP contribution in [0, 0.1) is 6.92 Å². The normalized spacial score (nSPS) is 10.9. The predicted molar refractivity (Wildman–Crippen MR) is 89.9 cm³/mol. The smallest absolute Gasteiger partial charge is 0.350 e. The Morgan fingerprint density at radius 3 is 2.87 bits per heavy atom. The maximum Gasteiger partial charge on any atom is 0.350 e. The summed E-state index contributed by atoms with van der Waals surface area (Å²) in [4.78, 5) is 31.8. The van der Waals surface area contributed by atoms with Crippen LogP contribution in [0.2, 0.25) is 0 Å². The second kappa shape index (κ2) is 6.34. The number of para-hydroxylation sites is 1. The van der Waals surface area contributed by atoms with Crippen molar-refractivity contribution in [3.8, 4) is 0 Å². The van der Waals surface area contributed by atoms with Gasteiger partial charge in [-0.3, -0.25) is 4.79 Å². The summed E-state index contributed by atoms with van der Waals surface area (Å²) in [6.07, 6.45) is 0.781. The number of nitrogens with one attached hydrogen (secondary N) is 1. The largest absolute Gasteiger partial charge is 0.456 e. The van der Waals surface area contributed by atoms with Crippen molar-refractivity contribution in [3.05, 3.63) is 61.8 Å². The third-order valence-electron chi connectivity index (χ3n) is 3.52. The first kappa shape index (κ1) is 15.4. The van der Waals surface area contributed by atoms with Gasteiger partial charge < -0.3 is 9.72 Å². The van der Waals surface area contributed by atoms with Crippen molar-refractivity contribution in [2.24, 2.45) is 0 Å². The molecule has 0 aliphatic rings. The lowest BCUT2D eigenvalue weighted by atomic mass is 10.1. The van der Waals surface area contributed by atoms with Crippen LogP contribution >= 0.6 is 11.3 Å². The van der Waals surface area contributed by atoms with E-state index >= 15 is 0 Å². The third kappa shape index (κ3) is 3.17. The molecule has 23 heavy (non-hydrogen) atoms. The lowest BCUT2D eigenvalue weighted by Crippen LogP contribution is -2.15. The number of fused-ring (bicyclic) bond motifs is 1. The maximum atomic E-state index is 12.2. The minimum atomic E-state index is -0.438. The molecule has 2 heterocycles. The number of aromatic nitrogens is 2. The first-order valence-corrected chi connectivity index (χ1v) is 8.14. The summed E-state index contributed by atoms with van der Waals surface area (Å²) in [5.74, 6) is -0.438. The number of rotatable bonds is 4. The number of carbonyl (C=O) groups is 1. The number of nitrogens with zero attached hydrogens (tertiary/aromatic N) is 1. The monoisotopic (exact) mass is 328 g/mol. The zero-order valence-electron chi connectivity index (χ0n) is 12.9. The molecule has 1 aromatic carbocycles. The van der Waals surface area contributed by atoms with Crippen LogP contribution in [0.25, 0.3) is 10.9 Å². The summed E-state index contributed by atoms with van der Waals surface area (Å²) in [6, 6.07) is 9.23. The number of carbonyl (C=O) groups excluding carboxylic acids is 1. The highest BCUT2D eigenvalue weighted by Gasteiger charge is 2.16. The average Bonchev–Trinajstić information content (AvgIpc) is 2.93. The van der Waals surface area contributed by atoms with Gasteiger partial charge in [0.2, 0.25) is 0 Å². The Balaban J connectivity index is 1.80. The van der Waals surface area contributed by atoms with Crippen molar-refractivity contribution in [1.82, 2.24) is 9.97 Å². The molecule has 0 fully saturated rings. The Bertz CT molecular complexity index is 927. The summed E-state index contributed by atoms with van der Waals surface area (Å²) in [6.45, 7) is 3.72. The molecular formula is C17H16N2O3S. The Morgan fingerprint density at radius 1 is 1.35 bits per heavy atom. The van der Waals surface area contributed by atoms with Crippen LogP contribution in [-0.2, 0) is 17.8 Å². The van der Waals surface area contributed by atoms with Crippen LogP contribution in [-0.4, -0.2) is 15.9 Å². The van der Waals surface area contributed by atoms with E-state index in [1.54, 1.807) is 13.0 Å². The van der Waals surface area contributed by atoms with Gasteiger partial charge in [-0.25, -0.2) is 9.78 Å². The second-order valence-electron chi connectivity index (χ2n) is 5.16. The number of hydrogen-bond donors (Lipinski definition) is 1. The first-order valence-electron chi connectivity index (χ1n) is 7.33. The van der Waals surface area contributed by atoms with Gasteiger partial charge in [-0.2, -0.15) is 0 Å². The molecule has 6 heteroatoms. The first-order chi connectivity index (χ1) is 11.1. The van der Waals surface area contributed by atoms with E-state index in [2.05, 4.69) is 9.97 Å². The lowest BCUT2D eigenvalue weighted by Gasteiger charge is -2.05. The van der Waals surface area contributed by atoms with Crippen LogP contribution in [0.3, 0.4) is 0 Å². The number of H-pyrrole nitrogens is 1. The Kier molecular flexibility index (Phi) is 4.25. The van der Waals surface area contributed by atoms with E-state index in [9.17, 15) is 9.59 Å². The van der Waals surface area contributed by atoms with Crippen molar-refractivity contribution in [2.75, 3.05) is 0 Å². The molecule has 1 N–H and O–H groups in total. The maximum absolute atomic E-state index is 12.2. The number of benzene rings is 1. The zero-order valence-corrected chi connectivity index (χ0v) is 13.7. The van der Waals surface area contributed by atoms with Gasteiger partial charge >= 0.3 is 5.97 Å². The van der Waals surface area contributed by atoms with E-state index in [1.165, 1.54) is 11.3 Å². The number of hydrogen-bond acceptors (Lipinski definition) is 5. The van der Waals surface area contributed by atoms with Crippen LogP contribution < -0.4 is 5.56 Å². The SMILES string of the molecule is CCc1nc(C)c(C(=O)OCc2cc3ccccc3[nH]c2=O)s1. The number of thiazole rings is 1. The minimum Gasteiger partial charge on any atom is -0.456 e. The van der Waals surface area contributed by atoms with Crippen molar-refractivity contribution >= 4 is 28.2 Å². The van der Waals surface area contributed by atoms with Crippen LogP contribution in [0.4, 0.5) is 0 Å². The second-order valence-corrected chi connectivity index (χ2v) is 6.25. The fraction of sp³-hybridized carbons (Fsp3) is 0.235. The highest BCUT2D eigenvalue weighted by Crippen LogP contribution is 2.20. The molecule has 5 nitrogen and oxygen atoms in total. The highest BCUT2D eigenvalue weighted by molar-refractivity contribution is 7.13. The Hall–Kier alpha value is -2.47. The number of aromatic amines is 1. The van der Waals surface area contributed by atoms with E-state index in [0.717, 1.165) is 22.3 Å². The molecule has 0 aliphatic carbocycles. The predicted octanol–water partition coefficient (Wildman–Crippen LogP) is 3.21. The molecule has 0 radical (unpaired) electrons. The summed E-state index contributed by atoms with van der Waals surface area (Å²) < 4.78 is 5.29. The van der Waals surface area contributed by atoms with Crippen molar-refractivity contribution in [1.29, 1.82) is 0 Å². The molecule has 0 unspecified atom stereocenters. The molecule has 0 aliphatic heterocycles. The number of pyridine rings is 1. The van der Waals surface area contributed by atoms with Crippen LogP contribution in [0.15, 0.2) is 35.1 Å². The fourth-order valence-electron chi connectivity index (χ4n) is 2.30. The van der Waals surface area contributed by atoms with E-state index in [-0.39, 0.29) is 12.2 Å². The van der Waals surface area contributed by atoms with E-state index in [1.807, 2.05) is 31.2 Å². The number of aryl methyl sites for hydroxylation is 2. The van der Waals surface area contributed by atoms with Gasteiger partial charge in [0, 0.05) is 5.52 Å². The number of esters is 1. The van der Waals surface area contributed by atoms with E-state index in [4.69, 9.17) is 4.74 Å². The summed E-state index contributed by atoms with van der Waals surface area (Å²) in [7, 11) is 0. The molecule has 0 spiro atoms. The summed E-state index contributed by atoms with van der Waals surface area (Å²) in [5, 5.41) is 1.80. The molecule has 118 valence electrons. The third-order valence-corrected chi connectivity index (χ3v) is 4.80. The van der Waals surface area contributed by atoms with E-state index < -0.39 is 5.97 Å². The molecule has 0 atom stereocenters. The lowest BCUT2D eigenvalue weighted by molar-refractivity contribution is 0.0476. The molecule has 0 saturated carbocycles. The molecule has 3 aromatic rings.